The van der Waals surface area contributed by atoms with Gasteiger partial charge in [0.05, 0.1) is 13.2 Å². The van der Waals surface area contributed by atoms with Gasteiger partial charge in [0, 0.05) is 12.3 Å². The van der Waals surface area contributed by atoms with Crippen LogP contribution in [0.4, 0.5) is 0 Å². The van der Waals surface area contributed by atoms with E-state index in [1.165, 1.54) is 0 Å². The van der Waals surface area contributed by atoms with E-state index in [0.29, 0.717) is 12.8 Å². The lowest BCUT2D eigenvalue weighted by atomic mass is 9.50. The SMILES string of the molecule is C=C1C[C@H](CC(=O)O)[C@@]2(C)C[C@@H](O)[C@]3(O)c4ccc(OC)cc4CC[C@@H]3[C@H]12. The molecule has 5 nitrogen and oxygen atoms in total. The van der Waals surface area contributed by atoms with Gasteiger partial charge in [0.25, 0.3) is 0 Å². The number of aliphatic hydroxyl groups excluding tert-OH is 1. The van der Waals surface area contributed by atoms with Gasteiger partial charge in [-0.1, -0.05) is 25.1 Å². The van der Waals surface area contributed by atoms with Crippen molar-refractivity contribution >= 4 is 5.97 Å². The van der Waals surface area contributed by atoms with Crippen molar-refractivity contribution in [3.63, 3.8) is 0 Å². The van der Waals surface area contributed by atoms with Crippen LogP contribution in [0.2, 0.25) is 0 Å². The first-order valence-electron chi connectivity index (χ1n) is 9.69. The summed E-state index contributed by atoms with van der Waals surface area (Å²) in [5.41, 5.74) is 1.14. The van der Waals surface area contributed by atoms with E-state index < -0.39 is 17.7 Å². The number of allylic oxidation sites excluding steroid dienone is 1. The number of benzene rings is 1. The van der Waals surface area contributed by atoms with Crippen molar-refractivity contribution in [3.05, 3.63) is 41.5 Å². The van der Waals surface area contributed by atoms with Crippen molar-refractivity contribution in [3.8, 4) is 5.75 Å². The highest BCUT2D eigenvalue weighted by Gasteiger charge is 2.64. The second-order valence-electron chi connectivity index (χ2n) is 8.85. The molecule has 0 bridgehead atoms. The molecule has 3 aliphatic carbocycles. The number of rotatable bonds is 3. The van der Waals surface area contributed by atoms with Crippen LogP contribution in [0.25, 0.3) is 0 Å². The van der Waals surface area contributed by atoms with E-state index in [2.05, 4.69) is 13.5 Å². The van der Waals surface area contributed by atoms with Crippen LogP contribution in [0.1, 0.15) is 43.7 Å². The molecule has 1 aromatic rings. The quantitative estimate of drug-likeness (QED) is 0.710. The number of carboxylic acid groups (broad SMARTS) is 1. The van der Waals surface area contributed by atoms with Crippen molar-refractivity contribution in [1.29, 1.82) is 0 Å². The summed E-state index contributed by atoms with van der Waals surface area (Å²) in [6.07, 6.45) is 1.73. The minimum absolute atomic E-state index is 0.0190. The summed E-state index contributed by atoms with van der Waals surface area (Å²) in [5.74, 6) is -0.253. The van der Waals surface area contributed by atoms with Gasteiger partial charge in [-0.3, -0.25) is 4.79 Å². The molecular formula is C22H28O5. The smallest absolute Gasteiger partial charge is 0.303 e. The summed E-state index contributed by atoms with van der Waals surface area (Å²) in [4.78, 5) is 11.4. The first kappa shape index (κ1) is 18.5. The zero-order valence-corrected chi connectivity index (χ0v) is 15.9. The Morgan fingerprint density at radius 2 is 2.15 bits per heavy atom. The molecular weight excluding hydrogens is 344 g/mol. The molecule has 6 atom stereocenters. The summed E-state index contributed by atoms with van der Waals surface area (Å²) >= 11 is 0. The van der Waals surface area contributed by atoms with Gasteiger partial charge in [-0.15, -0.1) is 0 Å². The van der Waals surface area contributed by atoms with Crippen LogP contribution >= 0.6 is 0 Å². The molecule has 0 aromatic heterocycles. The zero-order chi connectivity index (χ0) is 19.6. The number of fused-ring (bicyclic) bond motifs is 5. The Morgan fingerprint density at radius 3 is 2.81 bits per heavy atom. The molecule has 4 rings (SSSR count). The van der Waals surface area contributed by atoms with E-state index in [4.69, 9.17) is 4.74 Å². The maximum absolute atomic E-state index is 11.8. The molecule has 0 amide bonds. The fourth-order valence-corrected chi connectivity index (χ4v) is 6.40. The molecule has 0 aliphatic heterocycles. The van der Waals surface area contributed by atoms with Crippen LogP contribution in [-0.4, -0.2) is 34.5 Å². The summed E-state index contributed by atoms with van der Waals surface area (Å²) in [5, 5.41) is 32.2. The zero-order valence-electron chi connectivity index (χ0n) is 15.9. The van der Waals surface area contributed by atoms with Crippen LogP contribution in [0.15, 0.2) is 30.4 Å². The lowest BCUT2D eigenvalue weighted by Gasteiger charge is -2.57. The van der Waals surface area contributed by atoms with Crippen LogP contribution in [0.3, 0.4) is 0 Å². The van der Waals surface area contributed by atoms with E-state index in [0.717, 1.165) is 35.3 Å². The molecule has 3 aliphatic rings. The lowest BCUT2D eigenvalue weighted by Crippen LogP contribution is -2.60. The Hall–Kier alpha value is -1.85. The highest BCUT2D eigenvalue weighted by molar-refractivity contribution is 5.67. The Labute approximate surface area is 159 Å². The van der Waals surface area contributed by atoms with Crippen LogP contribution in [0.5, 0.6) is 5.75 Å². The van der Waals surface area contributed by atoms with Gasteiger partial charge in [0.15, 0.2) is 0 Å². The van der Waals surface area contributed by atoms with Gasteiger partial charge >= 0.3 is 5.97 Å². The maximum atomic E-state index is 11.8. The highest BCUT2D eigenvalue weighted by atomic mass is 16.5. The first-order chi connectivity index (χ1) is 12.7. The van der Waals surface area contributed by atoms with Gasteiger partial charge < -0.3 is 20.1 Å². The molecule has 2 fully saturated rings. The topological polar surface area (TPSA) is 87.0 Å². The maximum Gasteiger partial charge on any atom is 0.303 e. The van der Waals surface area contributed by atoms with Gasteiger partial charge in [0.1, 0.15) is 11.4 Å². The van der Waals surface area contributed by atoms with Gasteiger partial charge in [-0.2, -0.15) is 0 Å². The molecule has 146 valence electrons. The molecule has 0 radical (unpaired) electrons. The predicted molar refractivity (Wildman–Crippen MR) is 100 cm³/mol. The fourth-order valence-electron chi connectivity index (χ4n) is 6.40. The molecule has 27 heavy (non-hydrogen) atoms. The van der Waals surface area contributed by atoms with Gasteiger partial charge in [-0.25, -0.2) is 0 Å². The van der Waals surface area contributed by atoms with E-state index in [9.17, 15) is 20.1 Å². The summed E-state index contributed by atoms with van der Waals surface area (Å²) in [6.45, 7) is 6.35. The third-order valence-electron chi connectivity index (χ3n) is 7.59. The lowest BCUT2D eigenvalue weighted by molar-refractivity contribution is -0.199. The number of aliphatic hydroxyl groups is 2. The van der Waals surface area contributed by atoms with E-state index in [1.54, 1.807) is 7.11 Å². The number of carboxylic acids is 1. The van der Waals surface area contributed by atoms with Crippen molar-refractivity contribution in [2.24, 2.45) is 23.2 Å². The van der Waals surface area contributed by atoms with Gasteiger partial charge in [-0.05, 0) is 66.2 Å². The van der Waals surface area contributed by atoms with Crippen molar-refractivity contribution in [1.82, 2.24) is 0 Å². The molecule has 0 unspecified atom stereocenters. The molecule has 1 aromatic carbocycles. The number of hydrogen-bond donors (Lipinski definition) is 3. The van der Waals surface area contributed by atoms with E-state index >= 15 is 0 Å². The molecule has 0 heterocycles. The van der Waals surface area contributed by atoms with Crippen LogP contribution < -0.4 is 4.74 Å². The highest BCUT2D eigenvalue weighted by Crippen LogP contribution is 2.66. The van der Waals surface area contributed by atoms with Crippen LogP contribution in [-0.2, 0) is 16.8 Å². The summed E-state index contributed by atoms with van der Waals surface area (Å²) < 4.78 is 5.32. The second-order valence-corrected chi connectivity index (χ2v) is 8.85. The average Bonchev–Trinajstić information content (AvgIpc) is 2.84. The van der Waals surface area contributed by atoms with Gasteiger partial charge in [0.2, 0.25) is 0 Å². The fraction of sp³-hybridized carbons (Fsp3) is 0.591. The largest absolute Gasteiger partial charge is 0.497 e. The molecule has 2 saturated carbocycles. The van der Waals surface area contributed by atoms with Crippen molar-refractivity contribution < 1.29 is 24.9 Å². The van der Waals surface area contributed by atoms with Crippen molar-refractivity contribution in [2.75, 3.05) is 7.11 Å². The normalized spacial score (nSPS) is 40.1. The number of aryl methyl sites for hydroxylation is 1. The number of methoxy groups -OCH3 is 1. The van der Waals surface area contributed by atoms with Crippen LogP contribution in [0, 0.1) is 23.2 Å². The molecule has 0 saturated heterocycles. The number of carbonyl (C=O) groups is 1. The third-order valence-corrected chi connectivity index (χ3v) is 7.59. The minimum Gasteiger partial charge on any atom is -0.497 e. The van der Waals surface area contributed by atoms with E-state index in [-0.39, 0.29) is 29.6 Å². The number of hydrogen-bond acceptors (Lipinski definition) is 4. The molecule has 0 spiro atoms. The monoisotopic (exact) mass is 372 g/mol. The first-order valence-corrected chi connectivity index (χ1v) is 9.69. The van der Waals surface area contributed by atoms with E-state index in [1.807, 2.05) is 18.2 Å². The second kappa shape index (κ2) is 6.08. The number of ether oxygens (including phenoxy) is 1. The summed E-state index contributed by atoms with van der Waals surface area (Å²) in [6, 6.07) is 5.65. The standard InChI is InChI=1S/C22H28O5/c1-12-8-14(10-19(24)25)21(2)11-18(23)22(26)16-7-5-15(27-3)9-13(16)4-6-17(22)20(12)21/h5,7,9,14,17-18,20,23,26H,1,4,6,8,10-11H2,2-3H3,(H,24,25)/t14-,17-,18-,20+,21-,22+/m1/s1. The predicted octanol–water partition coefficient (Wildman–Crippen LogP) is 2.88. The molecule has 3 N–H and O–H groups in total. The average molecular weight is 372 g/mol. The third kappa shape index (κ3) is 2.48. The number of aliphatic carboxylic acids is 1. The molecule has 5 heteroatoms. The Morgan fingerprint density at radius 1 is 1.41 bits per heavy atom. The Bertz CT molecular complexity index is 802. The Balaban J connectivity index is 1.78. The minimum atomic E-state index is -1.33. The Kier molecular flexibility index (Phi) is 4.17. The van der Waals surface area contributed by atoms with Crippen molar-refractivity contribution in [2.45, 2.75) is 50.7 Å². The summed E-state index contributed by atoms with van der Waals surface area (Å²) in [7, 11) is 1.62.